The first kappa shape index (κ1) is 22.7. The highest BCUT2D eigenvalue weighted by atomic mass is 16.5. The highest BCUT2D eigenvalue weighted by molar-refractivity contribution is 5.84. The monoisotopic (exact) mass is 474 g/mol. The first-order valence-corrected chi connectivity index (χ1v) is 11.7. The summed E-state index contributed by atoms with van der Waals surface area (Å²) >= 11 is 0. The molecule has 35 heavy (non-hydrogen) atoms. The number of carboxylic acid groups (broad SMARTS) is 1. The lowest BCUT2D eigenvalue weighted by Gasteiger charge is -2.21. The Labute approximate surface area is 202 Å². The number of carbonyl (C=O) groups is 3. The predicted molar refractivity (Wildman–Crippen MR) is 127 cm³/mol. The summed E-state index contributed by atoms with van der Waals surface area (Å²) in [5, 5.41) is 14.6. The molecule has 2 aromatic carbocycles. The van der Waals surface area contributed by atoms with Crippen molar-refractivity contribution in [2.24, 2.45) is 5.92 Å². The maximum Gasteiger partial charge on any atom is 0.407 e. The van der Waals surface area contributed by atoms with Gasteiger partial charge >= 0.3 is 12.1 Å². The second-order valence-electron chi connectivity index (χ2n) is 8.90. The molecule has 180 valence electrons. The molecule has 0 aliphatic heterocycles. The van der Waals surface area contributed by atoms with Crippen LogP contribution in [-0.4, -0.2) is 35.7 Å². The Hall–Kier alpha value is -4.07. The van der Waals surface area contributed by atoms with Crippen LogP contribution in [0.4, 0.5) is 4.79 Å². The molecule has 0 bridgehead atoms. The number of carbonyl (C=O) groups excluding carboxylic acids is 2. The maximum atomic E-state index is 12.7. The highest BCUT2D eigenvalue weighted by Crippen LogP contribution is 2.44. The van der Waals surface area contributed by atoms with Crippen molar-refractivity contribution in [2.45, 2.75) is 37.8 Å². The van der Waals surface area contributed by atoms with Gasteiger partial charge in [0, 0.05) is 12.0 Å². The quantitative estimate of drug-likeness (QED) is 0.470. The molecule has 2 atom stereocenters. The van der Waals surface area contributed by atoms with Crippen molar-refractivity contribution in [1.82, 2.24) is 10.6 Å². The maximum absolute atomic E-state index is 12.7. The first-order valence-electron chi connectivity index (χ1n) is 11.7. The molecule has 1 fully saturated rings. The molecule has 2 amide bonds. The fourth-order valence-electron chi connectivity index (χ4n) is 5.13. The van der Waals surface area contributed by atoms with Gasteiger partial charge in [0.05, 0.1) is 12.5 Å². The van der Waals surface area contributed by atoms with Gasteiger partial charge in [-0.25, -0.2) is 9.59 Å². The van der Waals surface area contributed by atoms with Gasteiger partial charge in [0.25, 0.3) is 0 Å². The molecule has 3 aromatic rings. The Morgan fingerprint density at radius 1 is 0.943 bits per heavy atom. The number of benzene rings is 2. The number of hydrogen-bond acceptors (Lipinski definition) is 5. The molecule has 1 heterocycles. The van der Waals surface area contributed by atoms with Gasteiger partial charge in [-0.1, -0.05) is 55.0 Å². The van der Waals surface area contributed by atoms with Crippen LogP contribution in [0.2, 0.25) is 0 Å². The minimum Gasteiger partial charge on any atom is -0.475 e. The van der Waals surface area contributed by atoms with Crippen LogP contribution in [0.15, 0.2) is 65.1 Å². The van der Waals surface area contributed by atoms with E-state index in [0.29, 0.717) is 18.6 Å². The van der Waals surface area contributed by atoms with Gasteiger partial charge in [-0.15, -0.1) is 0 Å². The number of nitrogens with one attached hydrogen (secondary N) is 2. The number of furan rings is 1. The topological polar surface area (TPSA) is 118 Å². The Morgan fingerprint density at radius 3 is 2.29 bits per heavy atom. The predicted octanol–water partition coefficient (Wildman–Crippen LogP) is 4.30. The van der Waals surface area contributed by atoms with E-state index >= 15 is 0 Å². The second kappa shape index (κ2) is 9.66. The van der Waals surface area contributed by atoms with Crippen molar-refractivity contribution in [2.75, 3.05) is 6.61 Å². The Bertz CT molecular complexity index is 1220. The van der Waals surface area contributed by atoms with Crippen LogP contribution in [0, 0.1) is 5.92 Å². The molecular formula is C27H26N2O6. The van der Waals surface area contributed by atoms with E-state index in [1.807, 2.05) is 24.3 Å². The molecule has 0 saturated heterocycles. The van der Waals surface area contributed by atoms with Crippen LogP contribution in [0.1, 0.15) is 52.6 Å². The van der Waals surface area contributed by atoms with E-state index in [2.05, 4.69) is 34.9 Å². The van der Waals surface area contributed by atoms with E-state index in [-0.39, 0.29) is 42.7 Å². The zero-order valence-electron chi connectivity index (χ0n) is 19.0. The lowest BCUT2D eigenvalue weighted by Crippen LogP contribution is -2.44. The summed E-state index contributed by atoms with van der Waals surface area (Å²) in [5.41, 5.74) is 4.61. The fraction of sp³-hybridized carbons (Fsp3) is 0.296. The normalized spacial score (nSPS) is 18.5. The zero-order valence-corrected chi connectivity index (χ0v) is 19.0. The number of aromatic carboxylic acids is 1. The van der Waals surface area contributed by atoms with E-state index in [1.165, 1.54) is 12.1 Å². The third-order valence-corrected chi connectivity index (χ3v) is 6.81. The van der Waals surface area contributed by atoms with Crippen molar-refractivity contribution in [1.29, 1.82) is 0 Å². The number of alkyl carbamates (subject to hydrolysis) is 1. The summed E-state index contributed by atoms with van der Waals surface area (Å²) in [6.07, 6.45) is 1.62. The number of amides is 2. The second-order valence-corrected chi connectivity index (χ2v) is 8.90. The van der Waals surface area contributed by atoms with Gasteiger partial charge in [0.1, 0.15) is 12.4 Å². The summed E-state index contributed by atoms with van der Waals surface area (Å²) in [6.45, 7) is 0.300. The molecule has 1 saturated carbocycles. The van der Waals surface area contributed by atoms with Crippen molar-refractivity contribution in [3.05, 3.63) is 83.3 Å². The van der Waals surface area contributed by atoms with Crippen LogP contribution in [-0.2, 0) is 16.1 Å². The molecule has 2 aliphatic carbocycles. The minimum atomic E-state index is -1.16. The van der Waals surface area contributed by atoms with Gasteiger partial charge in [-0.3, -0.25) is 4.79 Å². The molecule has 0 radical (unpaired) electrons. The standard InChI is InChI=1S/C27H26N2O6/c30-25(28-14-16-12-13-24(35-16)26(31)32)21-10-5-11-23(21)29-27(33)34-15-22-19-8-3-1-6-17(19)18-7-2-4-9-20(18)22/h1-4,6-9,12-13,21-23H,5,10-11,14-15H2,(H,28,30)(H,29,33)(H,31,32)/t21-,23+/m1/s1. The van der Waals surface area contributed by atoms with E-state index in [1.54, 1.807) is 0 Å². The van der Waals surface area contributed by atoms with Gasteiger partial charge in [-0.05, 0) is 47.2 Å². The molecule has 2 aliphatic rings. The summed E-state index contributed by atoms with van der Waals surface area (Å²) < 4.78 is 10.8. The molecule has 3 N–H and O–H groups in total. The molecule has 1 aromatic heterocycles. The van der Waals surface area contributed by atoms with Gasteiger partial charge in [0.15, 0.2) is 0 Å². The van der Waals surface area contributed by atoms with Crippen molar-refractivity contribution in [3.8, 4) is 11.1 Å². The molecule has 8 nitrogen and oxygen atoms in total. The lowest BCUT2D eigenvalue weighted by molar-refractivity contribution is -0.125. The molecular weight excluding hydrogens is 448 g/mol. The summed E-state index contributed by atoms with van der Waals surface area (Å²) in [4.78, 5) is 36.3. The van der Waals surface area contributed by atoms with Crippen LogP contribution >= 0.6 is 0 Å². The third-order valence-electron chi connectivity index (χ3n) is 6.81. The first-order chi connectivity index (χ1) is 17.0. The smallest absolute Gasteiger partial charge is 0.407 e. The third kappa shape index (κ3) is 4.64. The van der Waals surface area contributed by atoms with E-state index in [0.717, 1.165) is 28.7 Å². The number of hydrogen-bond donors (Lipinski definition) is 3. The van der Waals surface area contributed by atoms with Gasteiger partial charge in [0.2, 0.25) is 11.7 Å². The van der Waals surface area contributed by atoms with Crippen LogP contribution in [0.25, 0.3) is 11.1 Å². The summed E-state index contributed by atoms with van der Waals surface area (Å²) in [5.74, 6) is -1.60. The number of fused-ring (bicyclic) bond motifs is 3. The summed E-state index contributed by atoms with van der Waals surface area (Å²) in [7, 11) is 0. The lowest BCUT2D eigenvalue weighted by atomic mass is 9.98. The molecule has 0 spiro atoms. The highest BCUT2D eigenvalue weighted by Gasteiger charge is 2.35. The van der Waals surface area contributed by atoms with Crippen molar-refractivity contribution >= 4 is 18.0 Å². The number of rotatable bonds is 7. The van der Waals surface area contributed by atoms with Crippen molar-refractivity contribution in [3.63, 3.8) is 0 Å². The minimum absolute atomic E-state index is 0.0280. The van der Waals surface area contributed by atoms with Crippen LogP contribution < -0.4 is 10.6 Å². The van der Waals surface area contributed by atoms with E-state index in [4.69, 9.17) is 14.3 Å². The Balaban J connectivity index is 1.16. The zero-order chi connectivity index (χ0) is 24.4. The average Bonchev–Trinajstić information content (AvgIpc) is 3.59. The van der Waals surface area contributed by atoms with Crippen LogP contribution in [0.3, 0.4) is 0 Å². The Morgan fingerprint density at radius 2 is 1.63 bits per heavy atom. The Kier molecular flexibility index (Phi) is 6.27. The largest absolute Gasteiger partial charge is 0.475 e. The number of carboxylic acids is 1. The van der Waals surface area contributed by atoms with E-state index in [9.17, 15) is 14.4 Å². The SMILES string of the molecule is O=C(N[C@H]1CCC[C@H]1C(=O)NCc1ccc(C(=O)O)o1)OCC1c2ccccc2-c2ccccc21. The summed E-state index contributed by atoms with van der Waals surface area (Å²) in [6, 6.07) is 18.8. The molecule has 0 unspecified atom stereocenters. The van der Waals surface area contributed by atoms with Gasteiger partial charge in [-0.2, -0.15) is 0 Å². The molecule has 8 heteroatoms. The van der Waals surface area contributed by atoms with Gasteiger partial charge < -0.3 is 24.9 Å². The van der Waals surface area contributed by atoms with Crippen molar-refractivity contribution < 1.29 is 28.6 Å². The number of ether oxygens (including phenoxy) is 1. The fourth-order valence-corrected chi connectivity index (χ4v) is 5.13. The molecule has 5 rings (SSSR count). The average molecular weight is 475 g/mol. The van der Waals surface area contributed by atoms with E-state index < -0.39 is 12.1 Å². The van der Waals surface area contributed by atoms with Crippen LogP contribution in [0.5, 0.6) is 0 Å².